The summed E-state index contributed by atoms with van der Waals surface area (Å²) < 4.78 is 4.61. The Morgan fingerprint density at radius 2 is 1.53 bits per heavy atom. The van der Waals surface area contributed by atoms with Crippen molar-refractivity contribution in [3.05, 3.63) is 0 Å². The lowest BCUT2D eigenvalue weighted by molar-refractivity contribution is 0.376. The van der Waals surface area contributed by atoms with Gasteiger partial charge in [-0.05, 0) is 6.32 Å². The van der Waals surface area contributed by atoms with Crippen LogP contribution in [0.5, 0.6) is 0 Å². The van der Waals surface area contributed by atoms with Crippen molar-refractivity contribution in [2.75, 3.05) is 0 Å². The SMILES string of the molecule is CCCCCCCCCCB(O)OBO. The predicted octanol–water partition coefficient (Wildman–Crippen LogP) is 1.88. The summed E-state index contributed by atoms with van der Waals surface area (Å²) in [6, 6.07) is 0. The number of rotatable bonds is 11. The largest absolute Gasteiger partial charge is 0.454 e. The zero-order valence-electron chi connectivity index (χ0n) is 9.95. The number of hydrogen-bond donors (Lipinski definition) is 2. The quantitative estimate of drug-likeness (QED) is 0.407. The fourth-order valence-electron chi connectivity index (χ4n) is 1.62. The minimum atomic E-state index is -0.782. The van der Waals surface area contributed by atoms with E-state index in [4.69, 9.17) is 10.0 Å². The van der Waals surface area contributed by atoms with E-state index < -0.39 is 14.8 Å². The minimum Gasteiger partial charge on any atom is -0.454 e. The molecule has 0 atom stereocenters. The summed E-state index contributed by atoms with van der Waals surface area (Å²) >= 11 is 0. The predicted molar refractivity (Wildman–Crippen MR) is 65.8 cm³/mol. The molecule has 0 heterocycles. The Balaban J connectivity index is 2.98. The van der Waals surface area contributed by atoms with Crippen molar-refractivity contribution in [1.82, 2.24) is 0 Å². The number of unbranched alkanes of at least 4 members (excludes halogenated alkanes) is 7. The van der Waals surface area contributed by atoms with Crippen LogP contribution in [0.15, 0.2) is 0 Å². The van der Waals surface area contributed by atoms with Crippen LogP contribution >= 0.6 is 0 Å². The molecule has 0 saturated carbocycles. The van der Waals surface area contributed by atoms with Crippen LogP contribution in [0.4, 0.5) is 0 Å². The third kappa shape index (κ3) is 11.9. The molecule has 0 amide bonds. The van der Waals surface area contributed by atoms with E-state index in [0.29, 0.717) is 6.32 Å². The molecule has 0 fully saturated rings. The maximum Gasteiger partial charge on any atom is 0.440 e. The highest BCUT2D eigenvalue weighted by atomic mass is 16.5. The molecule has 0 aromatic rings. The molecule has 0 saturated heterocycles. The highest BCUT2D eigenvalue weighted by molar-refractivity contribution is 6.49. The van der Waals surface area contributed by atoms with Gasteiger partial charge in [-0.3, -0.25) is 0 Å². The molecule has 0 aliphatic heterocycles. The summed E-state index contributed by atoms with van der Waals surface area (Å²) in [5.41, 5.74) is 0. The fourth-order valence-corrected chi connectivity index (χ4v) is 1.62. The summed E-state index contributed by atoms with van der Waals surface area (Å²) in [6.45, 7) is 2.22. The second-order valence-electron chi connectivity index (χ2n) is 4.01. The average molecular weight is 214 g/mol. The van der Waals surface area contributed by atoms with Gasteiger partial charge in [-0.15, -0.1) is 0 Å². The Morgan fingerprint density at radius 1 is 1.00 bits per heavy atom. The Kier molecular flexibility index (Phi) is 12.1. The zero-order valence-corrected chi connectivity index (χ0v) is 9.95. The van der Waals surface area contributed by atoms with Gasteiger partial charge in [0.1, 0.15) is 0 Å². The first-order valence-corrected chi connectivity index (χ1v) is 6.21. The van der Waals surface area contributed by atoms with E-state index in [1.165, 1.54) is 38.5 Å². The highest BCUT2D eigenvalue weighted by Gasteiger charge is 2.10. The first-order valence-electron chi connectivity index (χ1n) is 6.21. The van der Waals surface area contributed by atoms with Crippen LogP contribution in [-0.4, -0.2) is 24.9 Å². The van der Waals surface area contributed by atoms with E-state index in [2.05, 4.69) is 11.5 Å². The van der Waals surface area contributed by atoms with Crippen LogP contribution in [0.25, 0.3) is 0 Å². The van der Waals surface area contributed by atoms with Crippen LogP contribution in [-0.2, 0) is 4.57 Å². The van der Waals surface area contributed by atoms with Crippen molar-refractivity contribution < 1.29 is 14.6 Å². The van der Waals surface area contributed by atoms with Gasteiger partial charge in [0.2, 0.25) is 0 Å². The fraction of sp³-hybridized carbons (Fsp3) is 1.00. The van der Waals surface area contributed by atoms with Crippen LogP contribution in [0.2, 0.25) is 6.32 Å². The molecule has 0 aromatic carbocycles. The van der Waals surface area contributed by atoms with E-state index in [9.17, 15) is 0 Å². The van der Waals surface area contributed by atoms with Gasteiger partial charge in [0.05, 0.1) is 0 Å². The summed E-state index contributed by atoms with van der Waals surface area (Å²) in [6.07, 6.45) is 10.7. The van der Waals surface area contributed by atoms with E-state index >= 15 is 0 Å². The molecule has 0 bridgehead atoms. The molecule has 0 radical (unpaired) electrons. The lowest BCUT2D eigenvalue weighted by Crippen LogP contribution is -2.19. The topological polar surface area (TPSA) is 49.7 Å². The van der Waals surface area contributed by atoms with E-state index in [1.807, 2.05) is 0 Å². The van der Waals surface area contributed by atoms with Crippen molar-refractivity contribution in [2.24, 2.45) is 0 Å². The van der Waals surface area contributed by atoms with Crippen LogP contribution in [0.1, 0.15) is 58.3 Å². The molecular formula is C10H24B2O3. The lowest BCUT2D eigenvalue weighted by Gasteiger charge is -2.04. The van der Waals surface area contributed by atoms with Crippen molar-refractivity contribution >= 4 is 14.8 Å². The first kappa shape index (κ1) is 15.0. The monoisotopic (exact) mass is 214 g/mol. The molecule has 3 nitrogen and oxygen atoms in total. The van der Waals surface area contributed by atoms with E-state index in [-0.39, 0.29) is 0 Å². The molecule has 88 valence electrons. The Hall–Kier alpha value is 0.00987. The summed E-state index contributed by atoms with van der Waals surface area (Å²) in [5, 5.41) is 17.5. The Labute approximate surface area is 94.7 Å². The van der Waals surface area contributed by atoms with Gasteiger partial charge in [0, 0.05) is 0 Å². The molecule has 0 aliphatic rings. The van der Waals surface area contributed by atoms with E-state index in [1.54, 1.807) is 0 Å². The molecular weight excluding hydrogens is 190 g/mol. The van der Waals surface area contributed by atoms with Crippen LogP contribution in [0.3, 0.4) is 0 Å². The van der Waals surface area contributed by atoms with Gasteiger partial charge in [-0.2, -0.15) is 0 Å². The average Bonchev–Trinajstić information content (AvgIpc) is 2.22. The molecule has 0 aromatic heterocycles. The third-order valence-electron chi connectivity index (χ3n) is 2.57. The van der Waals surface area contributed by atoms with Crippen LogP contribution < -0.4 is 0 Å². The Morgan fingerprint density at radius 3 is 2.07 bits per heavy atom. The first-order chi connectivity index (χ1) is 7.31. The van der Waals surface area contributed by atoms with Crippen molar-refractivity contribution in [2.45, 2.75) is 64.6 Å². The summed E-state index contributed by atoms with van der Waals surface area (Å²) in [7, 11) is -1.17. The standard InChI is InChI=1S/C10H24B2O3/c1-2-3-4-5-6-7-8-9-10-12(14)15-11-13/h11,13-14H,2-10H2,1H3. The van der Waals surface area contributed by atoms with Gasteiger partial charge >= 0.3 is 14.8 Å². The van der Waals surface area contributed by atoms with E-state index in [0.717, 1.165) is 12.8 Å². The second-order valence-corrected chi connectivity index (χ2v) is 4.01. The zero-order chi connectivity index (χ0) is 11.4. The minimum absolute atomic E-state index is 0.391. The molecule has 0 unspecified atom stereocenters. The molecule has 0 aliphatic carbocycles. The normalized spacial score (nSPS) is 10.3. The van der Waals surface area contributed by atoms with Crippen molar-refractivity contribution in [1.29, 1.82) is 0 Å². The maximum atomic E-state index is 9.14. The summed E-state index contributed by atoms with van der Waals surface area (Å²) in [5.74, 6) is 0. The van der Waals surface area contributed by atoms with Gasteiger partial charge in [0.25, 0.3) is 0 Å². The molecule has 2 N–H and O–H groups in total. The molecule has 0 rings (SSSR count). The van der Waals surface area contributed by atoms with Crippen LogP contribution in [0, 0.1) is 0 Å². The van der Waals surface area contributed by atoms with Crippen molar-refractivity contribution in [3.8, 4) is 0 Å². The smallest absolute Gasteiger partial charge is 0.440 e. The lowest BCUT2D eigenvalue weighted by atomic mass is 9.81. The highest BCUT2D eigenvalue weighted by Crippen LogP contribution is 2.10. The maximum absolute atomic E-state index is 9.14. The summed E-state index contributed by atoms with van der Waals surface area (Å²) in [4.78, 5) is 0. The Bertz CT molecular complexity index is 125. The van der Waals surface area contributed by atoms with Crippen molar-refractivity contribution in [3.63, 3.8) is 0 Å². The van der Waals surface area contributed by atoms with Gasteiger partial charge in [-0.1, -0.05) is 58.3 Å². The molecule has 15 heavy (non-hydrogen) atoms. The molecule has 5 heteroatoms. The van der Waals surface area contributed by atoms with Gasteiger partial charge in [-0.25, -0.2) is 0 Å². The molecule has 0 spiro atoms. The second kappa shape index (κ2) is 12.1. The number of hydrogen-bond acceptors (Lipinski definition) is 3. The van der Waals surface area contributed by atoms with Gasteiger partial charge < -0.3 is 14.6 Å². The van der Waals surface area contributed by atoms with Gasteiger partial charge in [0.15, 0.2) is 0 Å². The third-order valence-corrected chi connectivity index (χ3v) is 2.57.